The third-order valence-electron chi connectivity index (χ3n) is 3.85. The summed E-state index contributed by atoms with van der Waals surface area (Å²) in [5.41, 5.74) is 5.87. The van der Waals surface area contributed by atoms with Crippen molar-refractivity contribution in [1.29, 1.82) is 0 Å². The molecule has 3 heterocycles. The number of anilines is 2. The van der Waals surface area contributed by atoms with Gasteiger partial charge in [-0.3, -0.25) is 0 Å². The van der Waals surface area contributed by atoms with Crippen LogP contribution >= 0.6 is 0 Å². The van der Waals surface area contributed by atoms with Gasteiger partial charge < -0.3 is 10.6 Å². The second kappa shape index (κ2) is 5.48. The lowest BCUT2D eigenvalue weighted by Gasteiger charge is -2.36. The molecule has 0 aliphatic carbocycles. The summed E-state index contributed by atoms with van der Waals surface area (Å²) in [6.07, 6.45) is 8.43. The van der Waals surface area contributed by atoms with Crippen molar-refractivity contribution in [3.8, 4) is 5.82 Å². The molecule has 6 nitrogen and oxygen atoms in total. The lowest BCUT2D eigenvalue weighted by Crippen LogP contribution is -2.39. The maximum absolute atomic E-state index is 5.87. The van der Waals surface area contributed by atoms with Crippen LogP contribution < -0.4 is 10.6 Å². The van der Waals surface area contributed by atoms with Gasteiger partial charge >= 0.3 is 0 Å². The topological polar surface area (TPSA) is 72.9 Å². The van der Waals surface area contributed by atoms with E-state index in [0.717, 1.165) is 24.6 Å². The Hall–Kier alpha value is -2.11. The summed E-state index contributed by atoms with van der Waals surface area (Å²) >= 11 is 0. The predicted octanol–water partition coefficient (Wildman–Crippen LogP) is 2.01. The molecule has 0 aromatic carbocycles. The van der Waals surface area contributed by atoms with Crippen LogP contribution in [0.3, 0.4) is 0 Å². The Morgan fingerprint density at radius 1 is 1.30 bits per heavy atom. The molecule has 0 saturated carbocycles. The molecule has 2 aromatic heterocycles. The summed E-state index contributed by atoms with van der Waals surface area (Å²) < 4.78 is 1.71. The summed E-state index contributed by atoms with van der Waals surface area (Å²) in [5.74, 6) is 1.93. The molecule has 1 atom stereocenters. The third kappa shape index (κ3) is 2.45. The smallest absolute Gasteiger partial charge is 0.224 e. The fraction of sp³-hybridized carbons (Fsp3) is 0.500. The standard InChI is InChI=1S/C14H20N6/c1-2-11-6-3-4-8-19(11)12-10-13(18-14(15)17-12)20-9-5-7-16-20/h5,7,9-11H,2-4,6,8H2,1H3,(H2,15,17,18). The third-order valence-corrected chi connectivity index (χ3v) is 3.85. The zero-order valence-electron chi connectivity index (χ0n) is 11.7. The van der Waals surface area contributed by atoms with Gasteiger partial charge in [0.2, 0.25) is 5.95 Å². The fourth-order valence-electron chi connectivity index (χ4n) is 2.84. The molecule has 1 aliphatic heterocycles. The highest BCUT2D eigenvalue weighted by atomic mass is 15.3. The average molecular weight is 272 g/mol. The van der Waals surface area contributed by atoms with E-state index in [0.29, 0.717) is 12.0 Å². The number of nitrogen functional groups attached to an aromatic ring is 1. The van der Waals surface area contributed by atoms with Gasteiger partial charge in [-0.05, 0) is 31.7 Å². The highest BCUT2D eigenvalue weighted by Crippen LogP contribution is 2.26. The van der Waals surface area contributed by atoms with Gasteiger partial charge in [0.1, 0.15) is 5.82 Å². The summed E-state index contributed by atoms with van der Waals surface area (Å²) in [6.45, 7) is 3.26. The summed E-state index contributed by atoms with van der Waals surface area (Å²) in [4.78, 5) is 11.0. The first-order valence-corrected chi connectivity index (χ1v) is 7.19. The first-order chi connectivity index (χ1) is 9.78. The monoisotopic (exact) mass is 272 g/mol. The van der Waals surface area contributed by atoms with E-state index in [4.69, 9.17) is 5.73 Å². The van der Waals surface area contributed by atoms with Crippen molar-refractivity contribution >= 4 is 11.8 Å². The van der Waals surface area contributed by atoms with Crippen LogP contribution in [0.1, 0.15) is 32.6 Å². The van der Waals surface area contributed by atoms with Gasteiger partial charge in [-0.1, -0.05) is 6.92 Å². The number of hydrogen-bond donors (Lipinski definition) is 1. The molecule has 0 amide bonds. The van der Waals surface area contributed by atoms with E-state index in [-0.39, 0.29) is 0 Å². The fourth-order valence-corrected chi connectivity index (χ4v) is 2.84. The van der Waals surface area contributed by atoms with Gasteiger partial charge in [-0.2, -0.15) is 15.1 Å². The van der Waals surface area contributed by atoms with Gasteiger partial charge in [0.05, 0.1) is 0 Å². The molecule has 1 saturated heterocycles. The van der Waals surface area contributed by atoms with Crippen molar-refractivity contribution in [3.63, 3.8) is 0 Å². The summed E-state index contributed by atoms with van der Waals surface area (Å²) in [7, 11) is 0. The van der Waals surface area contributed by atoms with E-state index < -0.39 is 0 Å². The highest BCUT2D eigenvalue weighted by Gasteiger charge is 2.23. The van der Waals surface area contributed by atoms with Crippen molar-refractivity contribution in [1.82, 2.24) is 19.7 Å². The quantitative estimate of drug-likeness (QED) is 0.925. The van der Waals surface area contributed by atoms with Crippen LogP contribution in [-0.4, -0.2) is 32.3 Å². The number of piperidine rings is 1. The van der Waals surface area contributed by atoms with Crippen LogP contribution in [0.4, 0.5) is 11.8 Å². The van der Waals surface area contributed by atoms with E-state index in [1.807, 2.05) is 18.3 Å². The van der Waals surface area contributed by atoms with Crippen LogP contribution in [0.25, 0.3) is 5.82 Å². The largest absolute Gasteiger partial charge is 0.368 e. The molecule has 3 rings (SSSR count). The number of aromatic nitrogens is 4. The lowest BCUT2D eigenvalue weighted by atomic mass is 10.0. The minimum absolute atomic E-state index is 0.299. The normalized spacial score (nSPS) is 19.2. The van der Waals surface area contributed by atoms with E-state index in [2.05, 4.69) is 26.9 Å². The molecule has 0 spiro atoms. The van der Waals surface area contributed by atoms with Crippen LogP contribution in [0, 0.1) is 0 Å². The zero-order valence-corrected chi connectivity index (χ0v) is 11.7. The van der Waals surface area contributed by atoms with Crippen LogP contribution in [0.5, 0.6) is 0 Å². The van der Waals surface area contributed by atoms with Gasteiger partial charge in [-0.25, -0.2) is 4.68 Å². The van der Waals surface area contributed by atoms with Crippen molar-refractivity contribution in [2.45, 2.75) is 38.6 Å². The van der Waals surface area contributed by atoms with E-state index in [1.165, 1.54) is 19.3 Å². The molecule has 1 fully saturated rings. The minimum Gasteiger partial charge on any atom is -0.368 e. The van der Waals surface area contributed by atoms with Gasteiger partial charge in [0.15, 0.2) is 5.82 Å². The molecule has 0 radical (unpaired) electrons. The maximum atomic E-state index is 5.87. The minimum atomic E-state index is 0.299. The molecule has 6 heteroatoms. The predicted molar refractivity (Wildman–Crippen MR) is 78.8 cm³/mol. The Balaban J connectivity index is 1.96. The summed E-state index contributed by atoms with van der Waals surface area (Å²) in [6, 6.07) is 4.38. The van der Waals surface area contributed by atoms with Crippen LogP contribution in [0.15, 0.2) is 24.5 Å². The van der Waals surface area contributed by atoms with Crippen LogP contribution in [-0.2, 0) is 0 Å². The molecule has 2 N–H and O–H groups in total. The molecular formula is C14H20N6. The van der Waals surface area contributed by atoms with Gasteiger partial charge in [0.25, 0.3) is 0 Å². The summed E-state index contributed by atoms with van der Waals surface area (Å²) in [5, 5.41) is 4.21. The Kier molecular flexibility index (Phi) is 3.54. The molecule has 20 heavy (non-hydrogen) atoms. The maximum Gasteiger partial charge on any atom is 0.224 e. The average Bonchev–Trinajstić information content (AvgIpc) is 3.01. The van der Waals surface area contributed by atoms with Crippen molar-refractivity contribution < 1.29 is 0 Å². The Bertz CT molecular complexity index is 565. The second-order valence-corrected chi connectivity index (χ2v) is 5.14. The van der Waals surface area contributed by atoms with Gasteiger partial charge in [-0.15, -0.1) is 0 Å². The van der Waals surface area contributed by atoms with Crippen molar-refractivity contribution in [3.05, 3.63) is 24.5 Å². The first kappa shape index (κ1) is 12.9. The van der Waals surface area contributed by atoms with Crippen molar-refractivity contribution in [2.75, 3.05) is 17.2 Å². The SMILES string of the molecule is CCC1CCCCN1c1cc(-n2cccn2)nc(N)n1. The van der Waals surface area contributed by atoms with Gasteiger partial charge in [0, 0.05) is 31.0 Å². The zero-order chi connectivity index (χ0) is 13.9. The van der Waals surface area contributed by atoms with E-state index in [9.17, 15) is 0 Å². The first-order valence-electron chi connectivity index (χ1n) is 7.19. The molecule has 106 valence electrons. The Morgan fingerprint density at radius 3 is 2.90 bits per heavy atom. The van der Waals surface area contributed by atoms with Crippen LogP contribution in [0.2, 0.25) is 0 Å². The number of hydrogen-bond acceptors (Lipinski definition) is 5. The molecular weight excluding hydrogens is 252 g/mol. The number of rotatable bonds is 3. The molecule has 0 bridgehead atoms. The number of nitrogens with zero attached hydrogens (tertiary/aromatic N) is 5. The molecule has 1 aliphatic rings. The van der Waals surface area contributed by atoms with E-state index >= 15 is 0 Å². The lowest BCUT2D eigenvalue weighted by molar-refractivity contribution is 0.446. The second-order valence-electron chi connectivity index (χ2n) is 5.14. The molecule has 2 aromatic rings. The number of nitrogens with two attached hydrogens (primary N) is 1. The Labute approximate surface area is 118 Å². The Morgan fingerprint density at radius 2 is 2.15 bits per heavy atom. The van der Waals surface area contributed by atoms with E-state index in [1.54, 1.807) is 10.9 Å². The van der Waals surface area contributed by atoms with Crippen molar-refractivity contribution in [2.24, 2.45) is 0 Å². The molecule has 1 unspecified atom stereocenters. The highest BCUT2D eigenvalue weighted by molar-refractivity contribution is 5.48.